The molecule has 0 saturated heterocycles. The van der Waals surface area contributed by atoms with Gasteiger partial charge >= 0.3 is 0 Å². The Morgan fingerprint density at radius 2 is 1.90 bits per heavy atom. The van der Waals surface area contributed by atoms with Gasteiger partial charge in [-0.25, -0.2) is 8.78 Å². The van der Waals surface area contributed by atoms with E-state index in [1.54, 1.807) is 18.2 Å². The zero-order chi connectivity index (χ0) is 14.5. The van der Waals surface area contributed by atoms with Gasteiger partial charge in [-0.15, -0.1) is 11.8 Å². The van der Waals surface area contributed by atoms with Crippen LogP contribution in [0.15, 0.2) is 47.4 Å². The Labute approximate surface area is 124 Å². The van der Waals surface area contributed by atoms with E-state index in [4.69, 9.17) is 11.6 Å². The number of rotatable bonds is 4. The molecule has 0 unspecified atom stereocenters. The third-order valence-corrected chi connectivity index (χ3v) is 3.68. The molecule has 2 aromatic rings. The number of halogens is 3. The molecule has 0 aliphatic heterocycles. The van der Waals surface area contributed by atoms with Crippen molar-refractivity contribution in [1.82, 2.24) is 0 Å². The molecule has 0 saturated carbocycles. The summed E-state index contributed by atoms with van der Waals surface area (Å²) >= 11 is 6.76. The number of anilines is 1. The van der Waals surface area contributed by atoms with Crippen molar-refractivity contribution in [3.8, 4) is 0 Å². The average molecular weight is 314 g/mol. The topological polar surface area (TPSA) is 29.1 Å². The maximum atomic E-state index is 13.4. The van der Waals surface area contributed by atoms with E-state index in [1.165, 1.54) is 24.3 Å². The van der Waals surface area contributed by atoms with E-state index in [1.807, 2.05) is 0 Å². The summed E-state index contributed by atoms with van der Waals surface area (Å²) in [5.41, 5.74) is 0.0108. The van der Waals surface area contributed by atoms with Crippen LogP contribution < -0.4 is 5.32 Å². The van der Waals surface area contributed by atoms with Gasteiger partial charge in [0.25, 0.3) is 0 Å². The third-order valence-electron chi connectivity index (χ3n) is 2.40. The number of carbonyl (C=O) groups is 1. The lowest BCUT2D eigenvalue weighted by molar-refractivity contribution is -0.113. The fraction of sp³-hybridized carbons (Fsp3) is 0.0714. The van der Waals surface area contributed by atoms with Crippen molar-refractivity contribution in [2.24, 2.45) is 0 Å². The van der Waals surface area contributed by atoms with Crippen LogP contribution in [0.2, 0.25) is 5.02 Å². The number of hydrogen-bond donors (Lipinski definition) is 1. The normalized spacial score (nSPS) is 10.3. The molecular weight excluding hydrogens is 304 g/mol. The highest BCUT2D eigenvalue weighted by Crippen LogP contribution is 2.23. The number of thioether (sulfide) groups is 1. The van der Waals surface area contributed by atoms with Crippen LogP contribution in [-0.2, 0) is 4.79 Å². The van der Waals surface area contributed by atoms with Gasteiger partial charge in [-0.1, -0.05) is 23.7 Å². The van der Waals surface area contributed by atoms with Crippen LogP contribution in [0.1, 0.15) is 0 Å². The van der Waals surface area contributed by atoms with Crippen molar-refractivity contribution in [2.75, 3.05) is 11.1 Å². The van der Waals surface area contributed by atoms with E-state index in [2.05, 4.69) is 5.32 Å². The summed E-state index contributed by atoms with van der Waals surface area (Å²) in [6.45, 7) is 0. The molecular formula is C14H10ClF2NOS. The lowest BCUT2D eigenvalue weighted by atomic mass is 10.3. The Kier molecular flexibility index (Phi) is 4.98. The van der Waals surface area contributed by atoms with E-state index in [-0.39, 0.29) is 17.3 Å². The Bertz CT molecular complexity index is 636. The Hall–Kier alpha value is -1.59. The van der Waals surface area contributed by atoms with Gasteiger partial charge in [-0.2, -0.15) is 0 Å². The molecule has 0 atom stereocenters. The zero-order valence-electron chi connectivity index (χ0n) is 10.2. The van der Waals surface area contributed by atoms with Crippen LogP contribution >= 0.6 is 23.4 Å². The first-order valence-electron chi connectivity index (χ1n) is 5.68. The molecule has 2 aromatic carbocycles. The van der Waals surface area contributed by atoms with Gasteiger partial charge in [-0.3, -0.25) is 4.79 Å². The molecule has 0 aliphatic carbocycles. The summed E-state index contributed by atoms with van der Waals surface area (Å²) in [5, 5.41) is 2.72. The second kappa shape index (κ2) is 6.72. The van der Waals surface area contributed by atoms with Gasteiger partial charge in [-0.05, 0) is 30.3 Å². The van der Waals surface area contributed by atoms with E-state index in [0.29, 0.717) is 9.92 Å². The monoisotopic (exact) mass is 313 g/mol. The largest absolute Gasteiger partial charge is 0.323 e. The van der Waals surface area contributed by atoms with Crippen LogP contribution in [0.4, 0.5) is 14.5 Å². The lowest BCUT2D eigenvalue weighted by Gasteiger charge is -2.07. The van der Waals surface area contributed by atoms with E-state index < -0.39 is 11.7 Å². The molecule has 0 aliphatic rings. The minimum absolute atomic E-state index is 0.0108. The highest BCUT2D eigenvalue weighted by Gasteiger charge is 2.09. The Morgan fingerprint density at radius 1 is 1.15 bits per heavy atom. The zero-order valence-corrected chi connectivity index (χ0v) is 11.8. The predicted molar refractivity (Wildman–Crippen MR) is 77.2 cm³/mol. The lowest BCUT2D eigenvalue weighted by Crippen LogP contribution is -2.15. The van der Waals surface area contributed by atoms with Crippen LogP contribution in [0.25, 0.3) is 0 Å². The molecule has 2 nitrogen and oxygen atoms in total. The quantitative estimate of drug-likeness (QED) is 0.850. The van der Waals surface area contributed by atoms with Gasteiger partial charge in [0, 0.05) is 9.92 Å². The predicted octanol–water partition coefficient (Wildman–Crippen LogP) is 4.35. The third kappa shape index (κ3) is 3.95. The molecule has 0 spiro atoms. The Balaban J connectivity index is 1.96. The molecule has 0 radical (unpaired) electrons. The van der Waals surface area contributed by atoms with Gasteiger partial charge < -0.3 is 5.32 Å². The molecule has 1 amide bonds. The maximum absolute atomic E-state index is 13.4. The summed E-state index contributed by atoms with van der Waals surface area (Å²) in [7, 11) is 0. The van der Waals surface area contributed by atoms with Crippen molar-refractivity contribution >= 4 is 35.0 Å². The molecule has 0 fully saturated rings. The van der Waals surface area contributed by atoms with E-state index in [0.717, 1.165) is 11.8 Å². The molecule has 104 valence electrons. The second-order valence-electron chi connectivity index (χ2n) is 3.89. The van der Waals surface area contributed by atoms with Gasteiger partial charge in [0.2, 0.25) is 5.91 Å². The highest BCUT2D eigenvalue weighted by atomic mass is 35.5. The van der Waals surface area contributed by atoms with Crippen molar-refractivity contribution in [3.63, 3.8) is 0 Å². The Morgan fingerprint density at radius 3 is 2.65 bits per heavy atom. The first kappa shape index (κ1) is 14.8. The number of hydrogen-bond acceptors (Lipinski definition) is 2. The molecule has 2 rings (SSSR count). The number of benzene rings is 2. The number of amides is 1. The maximum Gasteiger partial charge on any atom is 0.234 e. The summed E-state index contributed by atoms with van der Waals surface area (Å²) in [6.07, 6.45) is 0. The van der Waals surface area contributed by atoms with Crippen LogP contribution in [-0.4, -0.2) is 11.7 Å². The van der Waals surface area contributed by atoms with Crippen LogP contribution in [0.5, 0.6) is 0 Å². The molecule has 1 N–H and O–H groups in total. The van der Waals surface area contributed by atoms with Crippen molar-refractivity contribution in [2.45, 2.75) is 4.90 Å². The standard InChI is InChI=1S/C14H10ClF2NOS/c15-9-5-6-10(16)12(7-9)18-14(19)8-20-13-4-2-1-3-11(13)17/h1-7H,8H2,(H,18,19). The van der Waals surface area contributed by atoms with E-state index >= 15 is 0 Å². The minimum atomic E-state index is -0.571. The first-order chi connectivity index (χ1) is 9.56. The van der Waals surface area contributed by atoms with Gasteiger partial charge in [0.05, 0.1) is 11.4 Å². The molecule has 0 bridgehead atoms. The molecule has 20 heavy (non-hydrogen) atoms. The summed E-state index contributed by atoms with van der Waals surface area (Å²) < 4.78 is 26.8. The smallest absolute Gasteiger partial charge is 0.234 e. The van der Waals surface area contributed by atoms with E-state index in [9.17, 15) is 13.6 Å². The van der Waals surface area contributed by atoms with Crippen LogP contribution in [0.3, 0.4) is 0 Å². The number of carbonyl (C=O) groups excluding carboxylic acids is 1. The summed E-state index contributed by atoms with van der Waals surface area (Å²) in [6, 6.07) is 10.0. The SMILES string of the molecule is O=C(CSc1ccccc1F)Nc1cc(Cl)ccc1F. The molecule has 0 aromatic heterocycles. The second-order valence-corrected chi connectivity index (χ2v) is 5.35. The van der Waals surface area contributed by atoms with Crippen molar-refractivity contribution < 1.29 is 13.6 Å². The molecule has 0 heterocycles. The minimum Gasteiger partial charge on any atom is -0.323 e. The molecule has 6 heteroatoms. The average Bonchev–Trinajstić information content (AvgIpc) is 2.42. The summed E-state index contributed by atoms with van der Waals surface area (Å²) in [4.78, 5) is 12.1. The highest BCUT2D eigenvalue weighted by molar-refractivity contribution is 8.00. The summed E-state index contributed by atoms with van der Waals surface area (Å²) in [5.74, 6) is -1.41. The van der Waals surface area contributed by atoms with Gasteiger partial charge in [0.1, 0.15) is 11.6 Å². The van der Waals surface area contributed by atoms with Crippen LogP contribution in [0, 0.1) is 11.6 Å². The first-order valence-corrected chi connectivity index (χ1v) is 7.05. The van der Waals surface area contributed by atoms with Crippen molar-refractivity contribution in [3.05, 3.63) is 59.1 Å². The number of nitrogens with one attached hydrogen (secondary N) is 1. The van der Waals surface area contributed by atoms with Crippen molar-refractivity contribution in [1.29, 1.82) is 0 Å². The van der Waals surface area contributed by atoms with Gasteiger partial charge in [0.15, 0.2) is 0 Å². The fourth-order valence-electron chi connectivity index (χ4n) is 1.48. The fourth-order valence-corrected chi connectivity index (χ4v) is 2.40.